The van der Waals surface area contributed by atoms with E-state index in [1.165, 1.54) is 0 Å². The Morgan fingerprint density at radius 3 is 2.63 bits per heavy atom. The summed E-state index contributed by atoms with van der Waals surface area (Å²) in [6.07, 6.45) is 3.09. The number of nitrogens with zero attached hydrogens (tertiary/aromatic N) is 1. The van der Waals surface area contributed by atoms with Crippen LogP contribution < -0.4 is 15.0 Å². The van der Waals surface area contributed by atoms with Gasteiger partial charge in [-0.3, -0.25) is 14.5 Å². The number of rotatable bonds is 5. The van der Waals surface area contributed by atoms with E-state index in [2.05, 4.69) is 5.32 Å². The van der Waals surface area contributed by atoms with E-state index in [1.807, 2.05) is 53.4 Å². The first-order valence-electron chi connectivity index (χ1n) is 9.14. The Morgan fingerprint density at radius 1 is 1.19 bits per heavy atom. The van der Waals surface area contributed by atoms with Gasteiger partial charge in [0, 0.05) is 17.3 Å². The van der Waals surface area contributed by atoms with Crippen LogP contribution in [-0.4, -0.2) is 24.7 Å². The highest BCUT2D eigenvalue weighted by Crippen LogP contribution is 2.42. The van der Waals surface area contributed by atoms with E-state index in [-0.39, 0.29) is 23.1 Å². The average Bonchev–Trinajstić information content (AvgIpc) is 3.02. The predicted octanol–water partition coefficient (Wildman–Crippen LogP) is 4.21. The van der Waals surface area contributed by atoms with E-state index >= 15 is 0 Å². The highest BCUT2D eigenvalue weighted by molar-refractivity contribution is 8.00. The van der Waals surface area contributed by atoms with Crippen molar-refractivity contribution < 1.29 is 14.3 Å². The molecule has 2 amide bonds. The topological polar surface area (TPSA) is 58.6 Å². The Bertz CT molecular complexity index is 849. The molecule has 0 aromatic heterocycles. The number of amides is 2. The molecule has 1 saturated carbocycles. The first kappa shape index (κ1) is 17.9. The van der Waals surface area contributed by atoms with Crippen LogP contribution in [0.5, 0.6) is 5.75 Å². The minimum atomic E-state index is -0.105. The van der Waals surface area contributed by atoms with Gasteiger partial charge >= 0.3 is 0 Å². The minimum absolute atomic E-state index is 0.0825. The molecule has 1 atom stereocenters. The fraction of sp³-hybridized carbons (Fsp3) is 0.333. The van der Waals surface area contributed by atoms with Crippen molar-refractivity contribution in [3.8, 4) is 5.75 Å². The smallest absolute Gasteiger partial charge is 0.238 e. The number of hydrogen-bond donors (Lipinski definition) is 1. The third-order valence-electron chi connectivity index (χ3n) is 5.13. The zero-order chi connectivity index (χ0) is 18.8. The molecule has 2 aromatic carbocycles. The monoisotopic (exact) mass is 382 g/mol. The lowest BCUT2D eigenvalue weighted by molar-refractivity contribution is -0.122. The summed E-state index contributed by atoms with van der Waals surface area (Å²) in [4.78, 5) is 26.6. The van der Waals surface area contributed by atoms with Gasteiger partial charge in [0.05, 0.1) is 12.9 Å². The molecule has 1 unspecified atom stereocenters. The van der Waals surface area contributed by atoms with Crippen molar-refractivity contribution in [2.75, 3.05) is 23.1 Å². The zero-order valence-corrected chi connectivity index (χ0v) is 16.0. The molecule has 140 valence electrons. The summed E-state index contributed by atoms with van der Waals surface area (Å²) in [5, 5.41) is 2.92. The SMILES string of the molecule is COc1ccc(N2C(=O)CSC2c2cccc(NC(=O)C3CCC3)c2)cc1. The van der Waals surface area contributed by atoms with Crippen molar-refractivity contribution in [1.29, 1.82) is 0 Å². The number of hydrogen-bond acceptors (Lipinski definition) is 4. The lowest BCUT2D eigenvalue weighted by Gasteiger charge is -2.26. The summed E-state index contributed by atoms with van der Waals surface area (Å²) in [5.74, 6) is 1.52. The Hall–Kier alpha value is -2.47. The first-order valence-corrected chi connectivity index (χ1v) is 10.2. The van der Waals surface area contributed by atoms with Crippen molar-refractivity contribution in [3.63, 3.8) is 0 Å². The minimum Gasteiger partial charge on any atom is -0.497 e. The number of benzene rings is 2. The molecule has 1 heterocycles. The molecule has 1 saturated heterocycles. The normalized spacial score (nSPS) is 19.7. The van der Waals surface area contributed by atoms with Gasteiger partial charge in [-0.1, -0.05) is 18.6 Å². The average molecular weight is 382 g/mol. The molecule has 2 fully saturated rings. The van der Waals surface area contributed by atoms with Crippen LogP contribution >= 0.6 is 11.8 Å². The molecule has 0 radical (unpaired) electrons. The van der Waals surface area contributed by atoms with Crippen LogP contribution in [0.25, 0.3) is 0 Å². The number of carbonyl (C=O) groups excluding carboxylic acids is 2. The van der Waals surface area contributed by atoms with Crippen molar-refractivity contribution in [2.45, 2.75) is 24.6 Å². The van der Waals surface area contributed by atoms with Crippen LogP contribution in [0.1, 0.15) is 30.2 Å². The second-order valence-corrected chi connectivity index (χ2v) is 7.94. The third kappa shape index (κ3) is 3.67. The van der Waals surface area contributed by atoms with Crippen molar-refractivity contribution in [2.24, 2.45) is 5.92 Å². The van der Waals surface area contributed by atoms with Gasteiger partial charge in [0.25, 0.3) is 0 Å². The molecule has 0 spiro atoms. The van der Waals surface area contributed by atoms with Crippen molar-refractivity contribution in [1.82, 2.24) is 0 Å². The van der Waals surface area contributed by atoms with Crippen LogP contribution in [0.4, 0.5) is 11.4 Å². The highest BCUT2D eigenvalue weighted by Gasteiger charge is 2.34. The lowest BCUT2D eigenvalue weighted by atomic mass is 9.85. The number of thioether (sulfide) groups is 1. The fourth-order valence-corrected chi connectivity index (χ4v) is 4.54. The molecule has 1 N–H and O–H groups in total. The molecule has 6 heteroatoms. The number of anilines is 2. The molecule has 1 aliphatic heterocycles. The van der Waals surface area contributed by atoms with Gasteiger partial charge in [0.2, 0.25) is 11.8 Å². The molecular weight excluding hydrogens is 360 g/mol. The van der Waals surface area contributed by atoms with Crippen LogP contribution in [0.3, 0.4) is 0 Å². The van der Waals surface area contributed by atoms with Gasteiger partial charge in [-0.2, -0.15) is 0 Å². The quantitative estimate of drug-likeness (QED) is 0.841. The van der Waals surface area contributed by atoms with E-state index < -0.39 is 0 Å². The number of methoxy groups -OCH3 is 1. The largest absolute Gasteiger partial charge is 0.497 e. The Balaban J connectivity index is 1.56. The van der Waals surface area contributed by atoms with Crippen LogP contribution in [-0.2, 0) is 9.59 Å². The van der Waals surface area contributed by atoms with Gasteiger partial charge in [-0.15, -0.1) is 11.8 Å². The van der Waals surface area contributed by atoms with E-state index in [1.54, 1.807) is 18.9 Å². The number of carbonyl (C=O) groups is 2. The number of ether oxygens (including phenoxy) is 1. The summed E-state index contributed by atoms with van der Waals surface area (Å²) >= 11 is 1.60. The molecule has 0 bridgehead atoms. The summed E-state index contributed by atoms with van der Waals surface area (Å²) in [5.41, 5.74) is 2.65. The molecular formula is C21H22N2O3S. The van der Waals surface area contributed by atoms with Crippen LogP contribution in [0.2, 0.25) is 0 Å². The van der Waals surface area contributed by atoms with E-state index in [9.17, 15) is 9.59 Å². The summed E-state index contributed by atoms with van der Waals surface area (Å²) in [6.45, 7) is 0. The summed E-state index contributed by atoms with van der Waals surface area (Å²) in [6, 6.07) is 15.3. The maximum absolute atomic E-state index is 12.5. The second-order valence-electron chi connectivity index (χ2n) is 6.87. The maximum Gasteiger partial charge on any atom is 0.238 e. The van der Waals surface area contributed by atoms with E-state index in [0.29, 0.717) is 5.75 Å². The second kappa shape index (κ2) is 7.64. The highest BCUT2D eigenvalue weighted by atomic mass is 32.2. The Kier molecular flexibility index (Phi) is 5.07. The van der Waals surface area contributed by atoms with Crippen molar-refractivity contribution in [3.05, 3.63) is 54.1 Å². The summed E-state index contributed by atoms with van der Waals surface area (Å²) < 4.78 is 5.21. The molecule has 1 aliphatic carbocycles. The zero-order valence-electron chi connectivity index (χ0n) is 15.2. The molecule has 4 rings (SSSR count). The van der Waals surface area contributed by atoms with Gasteiger partial charge in [0.1, 0.15) is 11.1 Å². The fourth-order valence-electron chi connectivity index (χ4n) is 3.38. The lowest BCUT2D eigenvalue weighted by Crippen LogP contribution is -2.29. The van der Waals surface area contributed by atoms with Gasteiger partial charge < -0.3 is 10.1 Å². The van der Waals surface area contributed by atoms with Crippen molar-refractivity contribution >= 4 is 35.0 Å². The number of nitrogens with one attached hydrogen (secondary N) is 1. The third-order valence-corrected chi connectivity index (χ3v) is 6.35. The van der Waals surface area contributed by atoms with Crippen LogP contribution in [0.15, 0.2) is 48.5 Å². The Labute approximate surface area is 163 Å². The molecule has 5 nitrogen and oxygen atoms in total. The standard InChI is InChI=1S/C21H22N2O3S/c1-26-18-10-8-17(9-11-18)23-19(24)13-27-21(23)15-6-3-7-16(12-15)22-20(25)14-4-2-5-14/h3,6-12,14,21H,2,4-5,13H2,1H3,(H,22,25). The van der Waals surface area contributed by atoms with Gasteiger partial charge in [-0.25, -0.2) is 0 Å². The van der Waals surface area contributed by atoms with E-state index in [0.717, 1.165) is 42.0 Å². The predicted molar refractivity (Wildman–Crippen MR) is 108 cm³/mol. The van der Waals surface area contributed by atoms with Crippen LogP contribution in [0, 0.1) is 5.92 Å². The molecule has 2 aromatic rings. The van der Waals surface area contributed by atoms with E-state index in [4.69, 9.17) is 4.74 Å². The maximum atomic E-state index is 12.5. The first-order chi connectivity index (χ1) is 13.2. The summed E-state index contributed by atoms with van der Waals surface area (Å²) in [7, 11) is 1.62. The van der Waals surface area contributed by atoms with Gasteiger partial charge in [-0.05, 0) is 54.8 Å². The molecule has 27 heavy (non-hydrogen) atoms. The molecule has 2 aliphatic rings. The van der Waals surface area contributed by atoms with Gasteiger partial charge in [0.15, 0.2) is 0 Å². The Morgan fingerprint density at radius 2 is 1.96 bits per heavy atom.